The second-order valence-corrected chi connectivity index (χ2v) is 11.6. The Labute approximate surface area is 254 Å². The van der Waals surface area contributed by atoms with Crippen molar-refractivity contribution in [3.05, 3.63) is 89.9 Å². The average molecular weight is 599 g/mol. The summed E-state index contributed by atoms with van der Waals surface area (Å²) in [5.74, 6) is -0.00963. The van der Waals surface area contributed by atoms with Crippen molar-refractivity contribution in [1.82, 2.24) is 40.6 Å². The van der Waals surface area contributed by atoms with Gasteiger partial charge in [0.25, 0.3) is 11.8 Å². The largest absolute Gasteiger partial charge is 0.444 e. The number of aromatic nitrogens is 6. The monoisotopic (exact) mass is 598 g/mol. The van der Waals surface area contributed by atoms with Crippen LogP contribution < -0.4 is 10.6 Å². The summed E-state index contributed by atoms with van der Waals surface area (Å²) in [5, 5.41) is 18.8. The second-order valence-electron chi connectivity index (χ2n) is 11.6. The van der Waals surface area contributed by atoms with Gasteiger partial charge in [0, 0.05) is 25.2 Å². The Morgan fingerprint density at radius 1 is 1.02 bits per heavy atom. The second kappa shape index (κ2) is 12.1. The minimum Gasteiger partial charge on any atom is -0.444 e. The van der Waals surface area contributed by atoms with E-state index in [1.54, 1.807) is 50.7 Å². The van der Waals surface area contributed by atoms with Gasteiger partial charge in [-0.3, -0.25) is 9.48 Å². The molecule has 2 amide bonds. The summed E-state index contributed by atoms with van der Waals surface area (Å²) in [6.45, 7) is 8.96. The maximum Gasteiger partial charge on any atom is 0.408 e. The van der Waals surface area contributed by atoms with Crippen molar-refractivity contribution in [1.29, 1.82) is 0 Å². The summed E-state index contributed by atoms with van der Waals surface area (Å²) >= 11 is 0. The lowest BCUT2D eigenvalue weighted by molar-refractivity contribution is 0.0443. The first-order valence-corrected chi connectivity index (χ1v) is 14.0. The molecule has 0 radical (unpaired) electrons. The summed E-state index contributed by atoms with van der Waals surface area (Å²) in [7, 11) is 1.81. The first kappa shape index (κ1) is 30.1. The zero-order valence-electron chi connectivity index (χ0n) is 25.4. The summed E-state index contributed by atoms with van der Waals surface area (Å²) in [6, 6.07) is 14.2. The normalized spacial score (nSPS) is 13.6. The van der Waals surface area contributed by atoms with E-state index < -0.39 is 17.2 Å². The van der Waals surface area contributed by atoms with E-state index in [0.29, 0.717) is 17.8 Å². The van der Waals surface area contributed by atoms with Gasteiger partial charge in [-0.25, -0.2) is 14.8 Å². The number of amides is 2. The Morgan fingerprint density at radius 2 is 1.75 bits per heavy atom. The number of carbonyl (C=O) groups excluding carboxylic acids is 2. The highest BCUT2D eigenvalue weighted by Crippen LogP contribution is 2.30. The van der Waals surface area contributed by atoms with Crippen LogP contribution in [0.2, 0.25) is 0 Å². The van der Waals surface area contributed by atoms with Crippen LogP contribution in [0.1, 0.15) is 68.2 Å². The molecule has 0 spiro atoms. The predicted octanol–water partition coefficient (Wildman–Crippen LogP) is 4.99. The number of pyridine rings is 1. The van der Waals surface area contributed by atoms with Crippen molar-refractivity contribution in [3.8, 4) is 23.2 Å². The summed E-state index contributed by atoms with van der Waals surface area (Å²) in [5.41, 5.74) is 0.553. The number of hydrogen-bond donors (Lipinski definition) is 2. The molecule has 0 saturated carbocycles. The van der Waals surface area contributed by atoms with E-state index in [1.165, 1.54) is 12.5 Å². The Hall–Kier alpha value is -5.33. The SMILES string of the molecule is CC(NC(=O)c1cc(-c2ncco2)nc(-c2nnc([C@@](C)(Cc3ccccc3)NC(=O)OC(C)(C)C)o2)c1)c1ccn(C)n1. The molecule has 228 valence electrons. The lowest BCUT2D eigenvalue weighted by atomic mass is 9.92. The van der Waals surface area contributed by atoms with Gasteiger partial charge >= 0.3 is 6.09 Å². The number of alkyl carbamates (subject to hydrolysis) is 1. The lowest BCUT2D eigenvalue weighted by Crippen LogP contribution is -2.47. The van der Waals surface area contributed by atoms with Crippen molar-refractivity contribution >= 4 is 12.0 Å². The molecule has 0 aliphatic heterocycles. The number of oxazole rings is 1. The average Bonchev–Trinajstić information content (AvgIpc) is 3.75. The highest BCUT2D eigenvalue weighted by molar-refractivity contribution is 5.96. The van der Waals surface area contributed by atoms with Gasteiger partial charge in [0.15, 0.2) is 0 Å². The fraction of sp³-hybridized carbons (Fsp3) is 0.323. The number of aryl methyl sites for hydroxylation is 1. The van der Waals surface area contributed by atoms with Crippen molar-refractivity contribution in [3.63, 3.8) is 0 Å². The molecule has 13 nitrogen and oxygen atoms in total. The number of benzene rings is 1. The molecule has 0 fully saturated rings. The molecule has 0 aliphatic carbocycles. The van der Waals surface area contributed by atoms with Gasteiger partial charge in [-0.1, -0.05) is 30.3 Å². The van der Waals surface area contributed by atoms with Crippen LogP contribution in [0.25, 0.3) is 23.2 Å². The predicted molar refractivity (Wildman–Crippen MR) is 159 cm³/mol. The van der Waals surface area contributed by atoms with E-state index >= 15 is 0 Å². The quantitative estimate of drug-likeness (QED) is 0.236. The molecular formula is C31H34N8O5. The van der Waals surface area contributed by atoms with Crippen LogP contribution in [0.4, 0.5) is 4.79 Å². The first-order valence-electron chi connectivity index (χ1n) is 14.0. The third-order valence-corrected chi connectivity index (χ3v) is 6.56. The lowest BCUT2D eigenvalue weighted by Gasteiger charge is -2.29. The van der Waals surface area contributed by atoms with E-state index in [2.05, 4.69) is 35.9 Å². The van der Waals surface area contributed by atoms with E-state index in [4.69, 9.17) is 13.6 Å². The zero-order chi connectivity index (χ0) is 31.5. The van der Waals surface area contributed by atoms with Crippen LogP contribution in [-0.4, -0.2) is 47.5 Å². The van der Waals surface area contributed by atoms with Gasteiger partial charge in [0.05, 0.1) is 17.9 Å². The van der Waals surface area contributed by atoms with Gasteiger partial charge < -0.3 is 24.2 Å². The molecular weight excluding hydrogens is 564 g/mol. The number of nitrogens with zero attached hydrogens (tertiary/aromatic N) is 6. The molecule has 13 heteroatoms. The van der Waals surface area contributed by atoms with E-state index in [9.17, 15) is 9.59 Å². The zero-order valence-corrected chi connectivity index (χ0v) is 25.4. The molecule has 44 heavy (non-hydrogen) atoms. The number of ether oxygens (including phenoxy) is 1. The maximum atomic E-state index is 13.4. The number of nitrogens with one attached hydrogen (secondary N) is 2. The number of rotatable bonds is 9. The summed E-state index contributed by atoms with van der Waals surface area (Å²) in [4.78, 5) is 35.1. The molecule has 1 aromatic carbocycles. The Balaban J connectivity index is 1.49. The van der Waals surface area contributed by atoms with Crippen molar-refractivity contribution < 1.29 is 23.2 Å². The van der Waals surface area contributed by atoms with Gasteiger partial charge in [-0.05, 0) is 58.4 Å². The molecule has 1 unspecified atom stereocenters. The minimum atomic E-state index is -1.15. The van der Waals surface area contributed by atoms with Crippen LogP contribution in [0.3, 0.4) is 0 Å². The molecule has 4 heterocycles. The van der Waals surface area contributed by atoms with Gasteiger partial charge in [-0.15, -0.1) is 10.2 Å². The van der Waals surface area contributed by atoms with Crippen molar-refractivity contribution in [2.75, 3.05) is 0 Å². The summed E-state index contributed by atoms with van der Waals surface area (Å²) < 4.78 is 18.8. The number of carbonyl (C=O) groups is 2. The third kappa shape index (κ3) is 7.17. The first-order chi connectivity index (χ1) is 20.9. The van der Waals surface area contributed by atoms with E-state index in [0.717, 1.165) is 5.56 Å². The van der Waals surface area contributed by atoms with Crippen LogP contribution >= 0.6 is 0 Å². The van der Waals surface area contributed by atoms with Crippen LogP contribution in [-0.2, 0) is 23.7 Å². The van der Waals surface area contributed by atoms with E-state index in [1.807, 2.05) is 50.4 Å². The molecule has 5 rings (SSSR count). The molecule has 0 saturated heterocycles. The molecule has 5 aromatic rings. The highest BCUT2D eigenvalue weighted by Gasteiger charge is 2.37. The molecule has 0 aliphatic rings. The molecule has 4 aromatic heterocycles. The Bertz CT molecular complexity index is 1740. The van der Waals surface area contributed by atoms with Crippen LogP contribution in [0, 0.1) is 0 Å². The fourth-order valence-electron chi connectivity index (χ4n) is 4.50. The van der Waals surface area contributed by atoms with Crippen LogP contribution in [0.15, 0.2) is 76.0 Å². The van der Waals surface area contributed by atoms with Crippen molar-refractivity contribution in [2.45, 2.75) is 58.2 Å². The summed E-state index contributed by atoms with van der Waals surface area (Å²) in [6.07, 6.45) is 4.39. The maximum absolute atomic E-state index is 13.4. The molecule has 2 atom stereocenters. The number of hydrogen-bond acceptors (Lipinski definition) is 10. The molecule has 2 N–H and O–H groups in total. The van der Waals surface area contributed by atoms with Crippen molar-refractivity contribution in [2.24, 2.45) is 7.05 Å². The third-order valence-electron chi connectivity index (χ3n) is 6.56. The fourth-order valence-corrected chi connectivity index (χ4v) is 4.50. The van der Waals surface area contributed by atoms with E-state index in [-0.39, 0.29) is 40.9 Å². The highest BCUT2D eigenvalue weighted by atomic mass is 16.6. The minimum absolute atomic E-state index is 0.0329. The Morgan fingerprint density at radius 3 is 2.39 bits per heavy atom. The van der Waals surface area contributed by atoms with Gasteiger partial charge in [-0.2, -0.15) is 5.10 Å². The van der Waals surface area contributed by atoms with Crippen LogP contribution in [0.5, 0.6) is 0 Å². The smallest absolute Gasteiger partial charge is 0.408 e. The standard InChI is InChI=1S/C31H34N8O5/c1-19(22-12-14-39(6)38-22)33-25(40)21-16-23(26-32-13-15-42-26)34-24(17-21)27-36-37-28(43-27)31(5,18-20-10-8-7-9-11-20)35-29(41)44-30(2,3)4/h7-17,19H,18H2,1-6H3,(H,33,40)(H,35,41)/t19?,31-/m1/s1. The van der Waals surface area contributed by atoms with Gasteiger partial charge in [0.2, 0.25) is 11.8 Å². The topological polar surface area (TPSA) is 163 Å². The molecule has 0 bridgehead atoms. The van der Waals surface area contributed by atoms with Gasteiger partial charge in [0.1, 0.15) is 28.8 Å². The Kier molecular flexibility index (Phi) is 8.30.